The third-order valence-electron chi connectivity index (χ3n) is 3.20. The minimum Gasteiger partial charge on any atom is -0.380 e. The van der Waals surface area contributed by atoms with E-state index in [-0.39, 0.29) is 11.1 Å². The van der Waals surface area contributed by atoms with Gasteiger partial charge in [0.2, 0.25) is 0 Å². The van der Waals surface area contributed by atoms with Crippen molar-refractivity contribution >= 4 is 32.4 Å². The van der Waals surface area contributed by atoms with Crippen molar-refractivity contribution in [2.45, 2.75) is 6.54 Å². The van der Waals surface area contributed by atoms with Gasteiger partial charge in [-0.2, -0.15) is 0 Å². The van der Waals surface area contributed by atoms with Gasteiger partial charge in [-0.3, -0.25) is 19.8 Å². The molecular weight excluding hydrogens is 334 g/mol. The molecule has 106 valence electrons. The van der Waals surface area contributed by atoms with Crippen LogP contribution in [0.5, 0.6) is 0 Å². The van der Waals surface area contributed by atoms with E-state index in [1.165, 1.54) is 0 Å². The number of anilines is 1. The molecule has 0 amide bonds. The van der Waals surface area contributed by atoms with Crippen LogP contribution < -0.4 is 16.4 Å². The van der Waals surface area contributed by atoms with Crippen molar-refractivity contribution in [3.8, 4) is 0 Å². The monoisotopic (exact) mass is 345 g/mol. The maximum atomic E-state index is 11.9. The molecule has 0 spiro atoms. The Labute approximate surface area is 128 Å². The highest BCUT2D eigenvalue weighted by molar-refractivity contribution is 9.10. The first kappa shape index (κ1) is 13.6. The van der Waals surface area contributed by atoms with Crippen LogP contribution in [0.25, 0.3) is 10.8 Å². The zero-order chi connectivity index (χ0) is 14.8. The average Bonchev–Trinajstić information content (AvgIpc) is 2.49. The predicted octanol–water partition coefficient (Wildman–Crippen LogP) is 2.59. The highest BCUT2D eigenvalue weighted by atomic mass is 79.9. The topological polar surface area (TPSA) is 77.8 Å². The number of fused-ring (bicyclic) bond motifs is 1. The van der Waals surface area contributed by atoms with Gasteiger partial charge in [0.15, 0.2) is 0 Å². The zero-order valence-corrected chi connectivity index (χ0v) is 12.5. The molecule has 1 heterocycles. The molecule has 0 radical (unpaired) electrons. The molecule has 3 N–H and O–H groups in total. The highest BCUT2D eigenvalue weighted by Crippen LogP contribution is 2.18. The predicted molar refractivity (Wildman–Crippen MR) is 86.7 cm³/mol. The van der Waals surface area contributed by atoms with Crippen molar-refractivity contribution in [3.05, 3.63) is 73.2 Å². The summed E-state index contributed by atoms with van der Waals surface area (Å²) >= 11 is 3.42. The Balaban J connectivity index is 2.00. The number of nitrogens with one attached hydrogen (secondary N) is 3. The van der Waals surface area contributed by atoms with Gasteiger partial charge in [0.05, 0.1) is 10.8 Å². The van der Waals surface area contributed by atoms with Crippen molar-refractivity contribution < 1.29 is 0 Å². The standard InChI is InChI=1S/C15H12BrN3O2/c16-10-4-1-3-9(7-10)8-17-12-6-2-5-11-13(12)15(21)19-18-14(11)20/h1-7,17H,8H2,(H,18,20)(H,19,21). The van der Waals surface area contributed by atoms with Crippen LogP contribution in [0.4, 0.5) is 5.69 Å². The first-order chi connectivity index (χ1) is 10.1. The summed E-state index contributed by atoms with van der Waals surface area (Å²) in [7, 11) is 0. The second kappa shape index (κ2) is 5.57. The Morgan fingerprint density at radius 3 is 2.57 bits per heavy atom. The molecule has 0 fully saturated rings. The molecule has 21 heavy (non-hydrogen) atoms. The summed E-state index contributed by atoms with van der Waals surface area (Å²) in [6.07, 6.45) is 0. The minimum absolute atomic E-state index is 0.310. The van der Waals surface area contributed by atoms with Crippen LogP contribution in [0, 0.1) is 0 Å². The third kappa shape index (κ3) is 2.75. The number of aromatic nitrogens is 2. The fraction of sp³-hybridized carbons (Fsp3) is 0.0667. The highest BCUT2D eigenvalue weighted by Gasteiger charge is 2.07. The van der Waals surface area contributed by atoms with Crippen LogP contribution in [-0.2, 0) is 6.54 Å². The van der Waals surface area contributed by atoms with E-state index in [0.29, 0.717) is 23.0 Å². The summed E-state index contributed by atoms with van der Waals surface area (Å²) in [6, 6.07) is 13.0. The molecule has 0 saturated carbocycles. The van der Waals surface area contributed by atoms with E-state index in [2.05, 4.69) is 31.4 Å². The normalized spacial score (nSPS) is 10.7. The quantitative estimate of drug-likeness (QED) is 0.682. The summed E-state index contributed by atoms with van der Waals surface area (Å²) in [5, 5.41) is 8.62. The van der Waals surface area contributed by atoms with Gasteiger partial charge in [-0.1, -0.05) is 34.1 Å². The van der Waals surface area contributed by atoms with Gasteiger partial charge < -0.3 is 5.32 Å². The molecule has 0 unspecified atom stereocenters. The third-order valence-corrected chi connectivity index (χ3v) is 3.69. The van der Waals surface area contributed by atoms with Crippen molar-refractivity contribution in [1.29, 1.82) is 0 Å². The first-order valence-electron chi connectivity index (χ1n) is 6.37. The molecule has 0 saturated heterocycles. The average molecular weight is 346 g/mol. The largest absolute Gasteiger partial charge is 0.380 e. The van der Waals surface area contributed by atoms with Crippen LogP contribution in [-0.4, -0.2) is 10.2 Å². The molecule has 0 bridgehead atoms. The molecule has 0 aliphatic carbocycles. The van der Waals surface area contributed by atoms with E-state index in [4.69, 9.17) is 0 Å². The molecule has 3 rings (SSSR count). The molecule has 0 aliphatic heterocycles. The molecule has 1 aromatic heterocycles. The fourth-order valence-electron chi connectivity index (χ4n) is 2.22. The number of benzene rings is 2. The van der Waals surface area contributed by atoms with Crippen molar-refractivity contribution in [2.75, 3.05) is 5.32 Å². The lowest BCUT2D eigenvalue weighted by molar-refractivity contribution is 0.976. The molecule has 6 heteroatoms. The van der Waals surface area contributed by atoms with E-state index in [0.717, 1.165) is 10.0 Å². The van der Waals surface area contributed by atoms with Crippen LogP contribution in [0.3, 0.4) is 0 Å². The van der Waals surface area contributed by atoms with E-state index >= 15 is 0 Å². The van der Waals surface area contributed by atoms with Gasteiger partial charge in [0.25, 0.3) is 11.1 Å². The molecule has 0 aliphatic rings. The fourth-order valence-corrected chi connectivity index (χ4v) is 2.67. The Hall–Kier alpha value is -2.34. The van der Waals surface area contributed by atoms with Gasteiger partial charge in [-0.15, -0.1) is 0 Å². The summed E-state index contributed by atoms with van der Waals surface area (Å²) in [6.45, 7) is 0.560. The smallest absolute Gasteiger partial charge is 0.272 e. The number of H-pyrrole nitrogens is 2. The summed E-state index contributed by atoms with van der Waals surface area (Å²) in [5.41, 5.74) is 1.08. The second-order valence-electron chi connectivity index (χ2n) is 4.62. The number of halogens is 1. The Morgan fingerprint density at radius 1 is 1.00 bits per heavy atom. The lowest BCUT2D eigenvalue weighted by Gasteiger charge is -2.09. The molecule has 3 aromatic rings. The van der Waals surface area contributed by atoms with E-state index in [1.807, 2.05) is 24.3 Å². The zero-order valence-electron chi connectivity index (χ0n) is 10.9. The van der Waals surface area contributed by atoms with Crippen LogP contribution in [0.15, 0.2) is 56.5 Å². The Kier molecular flexibility index (Phi) is 3.62. The van der Waals surface area contributed by atoms with Gasteiger partial charge >= 0.3 is 0 Å². The molecule has 0 atom stereocenters. The summed E-state index contributed by atoms with van der Waals surface area (Å²) in [5.74, 6) is 0. The molecular formula is C15H12BrN3O2. The molecule has 2 aromatic carbocycles. The molecule has 5 nitrogen and oxygen atoms in total. The lowest BCUT2D eigenvalue weighted by Crippen LogP contribution is -2.20. The van der Waals surface area contributed by atoms with Gasteiger partial charge in [-0.05, 0) is 29.8 Å². The number of aromatic amines is 2. The van der Waals surface area contributed by atoms with Crippen LogP contribution in [0.2, 0.25) is 0 Å². The Morgan fingerprint density at radius 2 is 1.76 bits per heavy atom. The van der Waals surface area contributed by atoms with E-state index < -0.39 is 0 Å². The number of rotatable bonds is 3. The SMILES string of the molecule is O=c1[nH][nH]c(=O)c2c(NCc3cccc(Br)c3)cccc12. The minimum atomic E-state index is -0.318. The van der Waals surface area contributed by atoms with Crippen LogP contribution in [0.1, 0.15) is 5.56 Å². The maximum Gasteiger partial charge on any atom is 0.272 e. The van der Waals surface area contributed by atoms with Gasteiger partial charge in [-0.25, -0.2) is 0 Å². The van der Waals surface area contributed by atoms with E-state index in [9.17, 15) is 9.59 Å². The maximum absolute atomic E-state index is 11.9. The first-order valence-corrected chi connectivity index (χ1v) is 7.16. The van der Waals surface area contributed by atoms with Crippen molar-refractivity contribution in [1.82, 2.24) is 10.2 Å². The number of hydrogen-bond acceptors (Lipinski definition) is 3. The second-order valence-corrected chi connectivity index (χ2v) is 5.54. The van der Waals surface area contributed by atoms with Crippen LogP contribution >= 0.6 is 15.9 Å². The van der Waals surface area contributed by atoms with Gasteiger partial charge in [0.1, 0.15) is 0 Å². The Bertz CT molecular complexity index is 914. The lowest BCUT2D eigenvalue weighted by atomic mass is 10.1. The van der Waals surface area contributed by atoms with Gasteiger partial charge in [0, 0.05) is 16.7 Å². The summed E-state index contributed by atoms with van der Waals surface area (Å²) < 4.78 is 0.994. The number of hydrogen-bond donors (Lipinski definition) is 3. The van der Waals surface area contributed by atoms with E-state index in [1.54, 1.807) is 18.2 Å². The summed E-state index contributed by atoms with van der Waals surface area (Å²) in [4.78, 5) is 23.7. The van der Waals surface area contributed by atoms with Crippen molar-refractivity contribution in [2.24, 2.45) is 0 Å². The van der Waals surface area contributed by atoms with Crippen molar-refractivity contribution in [3.63, 3.8) is 0 Å².